The number of fused-ring (bicyclic) bond motifs is 2. The van der Waals surface area contributed by atoms with E-state index in [0.717, 1.165) is 95.3 Å². The summed E-state index contributed by atoms with van der Waals surface area (Å²) in [6, 6.07) is 17.2. The van der Waals surface area contributed by atoms with Gasteiger partial charge >= 0.3 is 0 Å². The normalized spacial score (nSPS) is 14.7. The summed E-state index contributed by atoms with van der Waals surface area (Å²) in [7, 11) is 0. The maximum atomic E-state index is 14.3. The van der Waals surface area contributed by atoms with Crippen LogP contribution in [0, 0.1) is 12.7 Å². The molecule has 0 amide bonds. The van der Waals surface area contributed by atoms with E-state index in [0.29, 0.717) is 5.02 Å². The molecule has 5 rings (SSSR count). The van der Waals surface area contributed by atoms with Crippen LogP contribution in [0.1, 0.15) is 73.0 Å². The van der Waals surface area contributed by atoms with Crippen LogP contribution in [0.2, 0.25) is 5.02 Å². The molecular formula is C34H35ClFN3. The summed E-state index contributed by atoms with van der Waals surface area (Å²) in [6.07, 6.45) is 6.93. The van der Waals surface area contributed by atoms with Gasteiger partial charge in [0.1, 0.15) is 5.82 Å². The predicted octanol–water partition coefficient (Wildman–Crippen LogP) is 9.32. The van der Waals surface area contributed by atoms with Crippen molar-refractivity contribution in [3.05, 3.63) is 112 Å². The first kappa shape index (κ1) is 27.1. The van der Waals surface area contributed by atoms with E-state index in [1.54, 1.807) is 12.1 Å². The van der Waals surface area contributed by atoms with Crippen LogP contribution >= 0.6 is 11.6 Å². The second kappa shape index (κ2) is 11.7. The molecule has 0 bridgehead atoms. The van der Waals surface area contributed by atoms with Crippen LogP contribution in [0.25, 0.3) is 28.0 Å². The van der Waals surface area contributed by atoms with Gasteiger partial charge in [0.05, 0.1) is 28.5 Å². The highest BCUT2D eigenvalue weighted by Crippen LogP contribution is 2.34. The molecule has 0 saturated carbocycles. The van der Waals surface area contributed by atoms with Gasteiger partial charge in [-0.05, 0) is 117 Å². The van der Waals surface area contributed by atoms with Gasteiger partial charge in [-0.2, -0.15) is 0 Å². The molecule has 4 aromatic rings. The van der Waals surface area contributed by atoms with Crippen LogP contribution in [0.5, 0.6) is 0 Å². The van der Waals surface area contributed by atoms with Crippen LogP contribution in [-0.4, -0.2) is 9.97 Å². The van der Waals surface area contributed by atoms with Crippen molar-refractivity contribution in [2.75, 3.05) is 0 Å². The first-order valence-electron chi connectivity index (χ1n) is 13.7. The van der Waals surface area contributed by atoms with Crippen molar-refractivity contribution in [1.82, 2.24) is 15.3 Å². The van der Waals surface area contributed by atoms with E-state index >= 15 is 0 Å². The molecule has 1 heterocycles. The zero-order valence-corrected chi connectivity index (χ0v) is 23.5. The van der Waals surface area contributed by atoms with Gasteiger partial charge in [-0.15, -0.1) is 6.58 Å². The highest BCUT2D eigenvalue weighted by molar-refractivity contribution is 6.30. The predicted molar refractivity (Wildman–Crippen MR) is 161 cm³/mol. The van der Waals surface area contributed by atoms with Gasteiger partial charge in [0, 0.05) is 16.3 Å². The number of nitrogens with one attached hydrogen (secondary N) is 1. The average Bonchev–Trinajstić information content (AvgIpc) is 2.91. The first-order chi connectivity index (χ1) is 18.8. The van der Waals surface area contributed by atoms with Crippen LogP contribution in [-0.2, 0) is 12.8 Å². The second-order valence-electron chi connectivity index (χ2n) is 10.8. The Morgan fingerprint density at radius 3 is 2.59 bits per heavy atom. The summed E-state index contributed by atoms with van der Waals surface area (Å²) in [5, 5.41) is 4.29. The molecule has 0 fully saturated rings. The van der Waals surface area contributed by atoms with Gasteiger partial charge in [0.15, 0.2) is 0 Å². The molecule has 1 N–H and O–H groups in total. The fourth-order valence-electron chi connectivity index (χ4n) is 5.54. The Kier molecular flexibility index (Phi) is 8.13. The fourth-order valence-corrected chi connectivity index (χ4v) is 5.67. The zero-order chi connectivity index (χ0) is 27.5. The van der Waals surface area contributed by atoms with Gasteiger partial charge in [-0.1, -0.05) is 42.0 Å². The highest BCUT2D eigenvalue weighted by Gasteiger charge is 2.23. The van der Waals surface area contributed by atoms with Crippen molar-refractivity contribution < 1.29 is 4.39 Å². The second-order valence-corrected chi connectivity index (χ2v) is 11.2. The van der Waals surface area contributed by atoms with Crippen molar-refractivity contribution in [1.29, 1.82) is 0 Å². The third kappa shape index (κ3) is 6.23. The van der Waals surface area contributed by atoms with Crippen molar-refractivity contribution in [3.63, 3.8) is 0 Å². The number of halogens is 2. The minimum Gasteiger partial charge on any atom is -0.378 e. The minimum atomic E-state index is -0.182. The van der Waals surface area contributed by atoms with Gasteiger partial charge in [-0.3, -0.25) is 0 Å². The highest BCUT2D eigenvalue weighted by atomic mass is 35.5. The number of unbranched alkanes of at least 4 members (excludes halogenated alkanes) is 1. The molecule has 0 spiro atoms. The van der Waals surface area contributed by atoms with Crippen LogP contribution in [0.3, 0.4) is 0 Å². The molecule has 0 radical (unpaired) electrons. The maximum Gasteiger partial charge on any atom is 0.123 e. The van der Waals surface area contributed by atoms with E-state index < -0.39 is 0 Å². The lowest BCUT2D eigenvalue weighted by atomic mass is 9.85. The van der Waals surface area contributed by atoms with Gasteiger partial charge in [0.2, 0.25) is 0 Å². The lowest BCUT2D eigenvalue weighted by Gasteiger charge is -2.29. The van der Waals surface area contributed by atoms with Gasteiger partial charge < -0.3 is 5.32 Å². The van der Waals surface area contributed by atoms with E-state index in [4.69, 9.17) is 21.6 Å². The average molecular weight is 540 g/mol. The molecule has 1 unspecified atom stereocenters. The van der Waals surface area contributed by atoms with Crippen molar-refractivity contribution in [2.45, 2.75) is 64.8 Å². The van der Waals surface area contributed by atoms with E-state index in [1.165, 1.54) is 11.1 Å². The molecule has 1 aliphatic rings. The maximum absolute atomic E-state index is 14.3. The Bertz CT molecular complexity index is 1540. The smallest absolute Gasteiger partial charge is 0.123 e. The molecule has 39 heavy (non-hydrogen) atoms. The Hall–Kier alpha value is -3.50. The Labute approximate surface area is 235 Å². The third-order valence-electron chi connectivity index (χ3n) is 7.59. The number of rotatable bonds is 9. The molecule has 0 saturated heterocycles. The Morgan fingerprint density at radius 1 is 1.03 bits per heavy atom. The molecule has 1 aromatic heterocycles. The number of hydrogen-bond acceptors (Lipinski definition) is 3. The van der Waals surface area contributed by atoms with Crippen molar-refractivity contribution in [2.24, 2.45) is 0 Å². The summed E-state index contributed by atoms with van der Waals surface area (Å²) in [4.78, 5) is 10.1. The summed E-state index contributed by atoms with van der Waals surface area (Å²) in [5.41, 5.74) is 10.9. The number of nitrogens with zero attached hydrogens (tertiary/aromatic N) is 2. The van der Waals surface area contributed by atoms with Crippen molar-refractivity contribution >= 4 is 28.3 Å². The van der Waals surface area contributed by atoms with Crippen molar-refractivity contribution in [3.8, 4) is 11.3 Å². The molecule has 1 aliphatic carbocycles. The van der Waals surface area contributed by atoms with Crippen LogP contribution in [0.15, 0.2) is 73.3 Å². The summed E-state index contributed by atoms with van der Waals surface area (Å²) >= 11 is 6.15. The third-order valence-corrected chi connectivity index (χ3v) is 7.84. The molecule has 200 valence electrons. The number of allylic oxidation sites excluding steroid dienone is 1. The van der Waals surface area contributed by atoms with Crippen LogP contribution < -0.4 is 5.32 Å². The minimum absolute atomic E-state index is 0.0357. The molecule has 0 aliphatic heterocycles. The van der Waals surface area contributed by atoms with E-state index in [-0.39, 0.29) is 11.9 Å². The Morgan fingerprint density at radius 2 is 1.82 bits per heavy atom. The SMILES string of the molecule is C=C(C)CCCCc1nc2cc(C(=C)NC3CCCc4c(C)cc(F)cc43)ccc2nc1-c1ccc(Cl)cc1. The molecule has 3 aromatic carbocycles. The number of aromatic nitrogens is 2. The lowest BCUT2D eigenvalue weighted by Crippen LogP contribution is -2.24. The van der Waals surface area contributed by atoms with Crippen LogP contribution in [0.4, 0.5) is 4.39 Å². The number of aryl methyl sites for hydroxylation is 2. The quantitative estimate of drug-likeness (QED) is 0.170. The number of benzene rings is 3. The topological polar surface area (TPSA) is 37.8 Å². The number of hydrogen-bond donors (Lipinski definition) is 1. The first-order valence-corrected chi connectivity index (χ1v) is 14.1. The molecule has 3 nitrogen and oxygen atoms in total. The van der Waals surface area contributed by atoms with E-state index in [9.17, 15) is 4.39 Å². The van der Waals surface area contributed by atoms with E-state index in [2.05, 4.69) is 31.5 Å². The monoisotopic (exact) mass is 539 g/mol. The zero-order valence-electron chi connectivity index (χ0n) is 22.8. The van der Waals surface area contributed by atoms with Gasteiger partial charge in [-0.25, -0.2) is 14.4 Å². The molecule has 5 heteroatoms. The largest absolute Gasteiger partial charge is 0.378 e. The summed E-state index contributed by atoms with van der Waals surface area (Å²) < 4.78 is 14.3. The van der Waals surface area contributed by atoms with E-state index in [1.807, 2.05) is 43.3 Å². The molecule has 1 atom stereocenters. The fraction of sp³-hybridized carbons (Fsp3) is 0.294. The summed E-state index contributed by atoms with van der Waals surface area (Å²) in [5.74, 6) is -0.182. The molecular weight excluding hydrogens is 505 g/mol. The van der Waals surface area contributed by atoms with Gasteiger partial charge in [0.25, 0.3) is 0 Å². The Balaban J connectivity index is 1.44. The standard InChI is InChI=1S/C34H35ClFN3/c1-21(2)8-5-6-10-32-34(24-12-15-26(35)16-13-24)39-31-17-14-25(19-33(31)38-32)23(4)37-30-11-7-9-28-22(3)18-27(36)20-29(28)30/h12-20,30,37H,1,4-11H2,2-3H3. The summed E-state index contributed by atoms with van der Waals surface area (Å²) in [6.45, 7) is 12.4. The lowest BCUT2D eigenvalue weighted by molar-refractivity contribution is 0.511.